The van der Waals surface area contributed by atoms with Gasteiger partial charge in [0.05, 0.1) is 0 Å². The molecule has 0 bridgehead atoms. The molecule has 1 aliphatic heterocycles. The highest BCUT2D eigenvalue weighted by atomic mass is 27.1. The predicted octanol–water partition coefficient (Wildman–Crippen LogP) is 3.37. The van der Waals surface area contributed by atoms with E-state index in [0.29, 0.717) is 15.2 Å². The van der Waals surface area contributed by atoms with E-state index in [1.807, 2.05) is 0 Å². The maximum absolute atomic E-state index is 4.94. The molecule has 0 N–H and O–H groups in total. The molecular weight excluding hydrogens is 187 g/mol. The maximum Gasteiger partial charge on any atom is 0.237 e. The summed E-state index contributed by atoms with van der Waals surface area (Å²) in [6.45, 7) is 11.3. The molecule has 1 saturated heterocycles. The lowest BCUT2D eigenvalue weighted by Gasteiger charge is -2.03. The van der Waals surface area contributed by atoms with Crippen LogP contribution in [0.1, 0.15) is 40.5 Å². The van der Waals surface area contributed by atoms with Crippen LogP contribution in [-0.4, -0.2) is 28.4 Å². The zero-order valence-corrected chi connectivity index (χ0v) is 11.9. The van der Waals surface area contributed by atoms with Gasteiger partial charge in [0.2, 0.25) is 15.2 Å². The third-order valence-corrected chi connectivity index (χ3v) is 5.52. The topological polar surface area (TPSA) is 9.23 Å². The van der Waals surface area contributed by atoms with E-state index in [2.05, 4.69) is 27.7 Å². The highest BCUT2D eigenvalue weighted by Crippen LogP contribution is 2.05. The van der Waals surface area contributed by atoms with Gasteiger partial charge in [-0.3, -0.25) is 0 Å². The second-order valence-electron chi connectivity index (χ2n) is 5.04. The molecule has 0 aromatic heterocycles. The van der Waals surface area contributed by atoms with Gasteiger partial charge in [0.25, 0.3) is 0 Å². The van der Waals surface area contributed by atoms with Gasteiger partial charge in [0.1, 0.15) is 0 Å². The Morgan fingerprint density at radius 2 is 1.36 bits per heavy atom. The van der Waals surface area contributed by atoms with Crippen molar-refractivity contribution in [3.8, 4) is 0 Å². The zero-order chi connectivity index (χ0) is 10.8. The minimum Gasteiger partial charge on any atom is -0.381 e. The minimum atomic E-state index is 0.316. The van der Waals surface area contributed by atoms with Gasteiger partial charge in [0.15, 0.2) is 0 Å². The molecule has 1 aliphatic rings. The Bertz CT molecular complexity index is 93.3. The monoisotopic (exact) mass is 214 g/mol. The highest BCUT2D eigenvalue weighted by Gasteiger charge is 1.99. The van der Waals surface area contributed by atoms with Crippen LogP contribution in [0, 0.1) is 11.8 Å². The van der Waals surface area contributed by atoms with Crippen LogP contribution in [0.5, 0.6) is 0 Å². The van der Waals surface area contributed by atoms with Crippen LogP contribution in [0.15, 0.2) is 0 Å². The van der Waals surface area contributed by atoms with E-state index >= 15 is 0 Å². The smallest absolute Gasteiger partial charge is 0.237 e. The third-order valence-electron chi connectivity index (χ3n) is 2.39. The lowest BCUT2D eigenvalue weighted by atomic mass is 10.3. The van der Waals surface area contributed by atoms with Gasteiger partial charge in [-0.15, -0.1) is 0 Å². The molecule has 0 atom stereocenters. The zero-order valence-electron chi connectivity index (χ0n) is 10.5. The number of hydrogen-bond donors (Lipinski definition) is 0. The molecule has 1 heterocycles. The van der Waals surface area contributed by atoms with Gasteiger partial charge >= 0.3 is 0 Å². The second-order valence-corrected chi connectivity index (χ2v) is 6.90. The van der Waals surface area contributed by atoms with Gasteiger partial charge in [0, 0.05) is 13.2 Å². The molecule has 0 aliphatic carbocycles. The maximum atomic E-state index is 4.94. The molecule has 0 spiro atoms. The molecule has 2 heteroatoms. The summed E-state index contributed by atoms with van der Waals surface area (Å²) in [4.78, 5) is 0. The van der Waals surface area contributed by atoms with E-state index in [1.54, 1.807) is 0 Å². The van der Waals surface area contributed by atoms with E-state index in [9.17, 15) is 0 Å². The van der Waals surface area contributed by atoms with Crippen molar-refractivity contribution in [3.05, 3.63) is 0 Å². The molecular formula is C12H27AlO. The molecule has 0 saturated carbocycles. The molecule has 0 aromatic rings. The van der Waals surface area contributed by atoms with Gasteiger partial charge in [-0.25, -0.2) is 0 Å². The molecule has 1 rings (SSSR count). The van der Waals surface area contributed by atoms with Crippen molar-refractivity contribution < 1.29 is 4.74 Å². The Labute approximate surface area is 96.3 Å². The summed E-state index contributed by atoms with van der Waals surface area (Å²) >= 11 is 0.316. The van der Waals surface area contributed by atoms with Gasteiger partial charge < -0.3 is 4.74 Å². The van der Waals surface area contributed by atoms with E-state index in [-0.39, 0.29) is 0 Å². The van der Waals surface area contributed by atoms with E-state index in [1.165, 1.54) is 23.4 Å². The number of rotatable bonds is 4. The van der Waals surface area contributed by atoms with Crippen LogP contribution in [0.25, 0.3) is 0 Å². The SMILES string of the molecule is C1CCOC1.CC(C)[CH2][AlH][CH2]C(C)C. The van der Waals surface area contributed by atoms with Crippen LogP contribution >= 0.6 is 0 Å². The van der Waals surface area contributed by atoms with Crippen LogP contribution in [0.3, 0.4) is 0 Å². The summed E-state index contributed by atoms with van der Waals surface area (Å²) in [5, 5.41) is 3.08. The molecule has 0 amide bonds. The standard InChI is InChI=1S/C4H8O.2C4H9.Al.H/c1-2-4-5-3-1;2*1-4(2)3;;/h1-4H2;2*4H,1H2,2-3H3;;. The second kappa shape index (κ2) is 10.0. The Hall–Kier alpha value is 0.492. The number of hydrogen-bond acceptors (Lipinski definition) is 1. The van der Waals surface area contributed by atoms with E-state index < -0.39 is 0 Å². The highest BCUT2D eigenvalue weighted by molar-refractivity contribution is 6.35. The Balaban J connectivity index is 0.000000280. The van der Waals surface area contributed by atoms with E-state index in [0.717, 1.165) is 25.0 Å². The predicted molar refractivity (Wildman–Crippen MR) is 66.5 cm³/mol. The first-order valence-corrected chi connectivity index (χ1v) is 8.20. The lowest BCUT2D eigenvalue weighted by molar-refractivity contribution is 0.198. The Kier molecular flexibility index (Phi) is 10.4. The number of ether oxygens (including phenoxy) is 1. The fraction of sp³-hybridized carbons (Fsp3) is 1.00. The van der Waals surface area contributed by atoms with Gasteiger partial charge in [-0.2, -0.15) is 0 Å². The molecule has 0 radical (unpaired) electrons. The minimum absolute atomic E-state index is 0.316. The molecule has 0 unspecified atom stereocenters. The van der Waals surface area contributed by atoms with Gasteiger partial charge in [-0.05, 0) is 12.8 Å². The lowest BCUT2D eigenvalue weighted by Crippen LogP contribution is -1.99. The molecule has 1 fully saturated rings. The van der Waals surface area contributed by atoms with Crippen molar-refractivity contribution >= 4 is 15.2 Å². The van der Waals surface area contributed by atoms with Crippen LogP contribution in [0.2, 0.25) is 10.6 Å². The first-order valence-electron chi connectivity index (χ1n) is 6.20. The summed E-state index contributed by atoms with van der Waals surface area (Å²) in [5.41, 5.74) is 0. The van der Waals surface area contributed by atoms with Crippen LogP contribution < -0.4 is 0 Å². The summed E-state index contributed by atoms with van der Waals surface area (Å²) in [6, 6.07) is 0. The summed E-state index contributed by atoms with van der Waals surface area (Å²) in [6.07, 6.45) is 2.56. The van der Waals surface area contributed by atoms with Crippen molar-refractivity contribution in [2.24, 2.45) is 11.8 Å². The average Bonchev–Trinajstić information content (AvgIpc) is 2.58. The van der Waals surface area contributed by atoms with Crippen molar-refractivity contribution in [1.82, 2.24) is 0 Å². The van der Waals surface area contributed by atoms with Crippen molar-refractivity contribution in [2.75, 3.05) is 13.2 Å². The average molecular weight is 214 g/mol. The molecule has 0 aromatic carbocycles. The summed E-state index contributed by atoms with van der Waals surface area (Å²) in [5.74, 6) is 1.91. The molecule has 14 heavy (non-hydrogen) atoms. The van der Waals surface area contributed by atoms with Crippen molar-refractivity contribution in [2.45, 2.75) is 51.1 Å². The largest absolute Gasteiger partial charge is 0.381 e. The molecule has 84 valence electrons. The first kappa shape index (κ1) is 14.5. The van der Waals surface area contributed by atoms with E-state index in [4.69, 9.17) is 4.74 Å². The third kappa shape index (κ3) is 12.5. The fourth-order valence-electron chi connectivity index (χ4n) is 1.44. The summed E-state index contributed by atoms with van der Waals surface area (Å²) in [7, 11) is 0. The quantitative estimate of drug-likeness (QED) is 0.652. The van der Waals surface area contributed by atoms with Crippen molar-refractivity contribution in [3.63, 3.8) is 0 Å². The van der Waals surface area contributed by atoms with Crippen LogP contribution in [-0.2, 0) is 4.74 Å². The van der Waals surface area contributed by atoms with Crippen molar-refractivity contribution in [1.29, 1.82) is 0 Å². The first-order chi connectivity index (χ1) is 6.63. The van der Waals surface area contributed by atoms with Crippen LogP contribution in [0.4, 0.5) is 0 Å². The Morgan fingerprint density at radius 1 is 0.929 bits per heavy atom. The fourth-order valence-corrected chi connectivity index (χ4v) is 3.31. The molecule has 1 nitrogen and oxygen atoms in total. The Morgan fingerprint density at radius 3 is 1.57 bits per heavy atom. The normalized spacial score (nSPS) is 15.6. The van der Waals surface area contributed by atoms with Gasteiger partial charge in [-0.1, -0.05) is 50.1 Å². The summed E-state index contributed by atoms with van der Waals surface area (Å²) < 4.78 is 4.94.